The van der Waals surface area contributed by atoms with Gasteiger partial charge < -0.3 is 19.7 Å². The summed E-state index contributed by atoms with van der Waals surface area (Å²) in [5.74, 6) is 1.31. The fraction of sp³-hybridized carbons (Fsp3) is 0.308. The lowest BCUT2D eigenvalue weighted by Gasteiger charge is -2.34. The Morgan fingerprint density at radius 2 is 1.67 bits per heavy atom. The molecule has 0 unspecified atom stereocenters. The summed E-state index contributed by atoms with van der Waals surface area (Å²) in [5, 5.41) is 5.27. The van der Waals surface area contributed by atoms with Crippen molar-refractivity contribution in [2.24, 2.45) is 0 Å². The monoisotopic (exact) mass is 445 g/mol. The molecule has 2 amide bonds. The number of fused-ring (bicyclic) bond motifs is 2. The average molecular weight is 446 g/mol. The standard InChI is InChI=1S/C26H27N3O4/c30-25(17-20-6-3-5-19-4-1-2-7-22(19)20)29-14-12-28(13-15-29)11-10-27-26(31)21-8-9-23-24(16-21)33-18-32-23/h1-9,16H,10-15,17-18H2,(H,27,31). The van der Waals surface area contributed by atoms with E-state index in [1.54, 1.807) is 18.2 Å². The second-order valence-corrected chi connectivity index (χ2v) is 8.36. The van der Waals surface area contributed by atoms with Crippen molar-refractivity contribution in [3.05, 3.63) is 71.8 Å². The topological polar surface area (TPSA) is 71.1 Å². The zero-order chi connectivity index (χ0) is 22.6. The third-order valence-corrected chi connectivity index (χ3v) is 6.29. The minimum atomic E-state index is -0.128. The first-order chi connectivity index (χ1) is 16.2. The summed E-state index contributed by atoms with van der Waals surface area (Å²) in [5.41, 5.74) is 1.63. The Bertz CT molecular complexity index is 1170. The molecule has 2 aliphatic heterocycles. The number of ether oxygens (including phenoxy) is 2. The van der Waals surface area contributed by atoms with E-state index in [1.165, 1.54) is 0 Å². The minimum absolute atomic E-state index is 0.128. The van der Waals surface area contributed by atoms with Crippen LogP contribution in [0.15, 0.2) is 60.7 Å². The third kappa shape index (κ3) is 4.78. The van der Waals surface area contributed by atoms with Gasteiger partial charge in [0.1, 0.15) is 0 Å². The number of carbonyl (C=O) groups excluding carboxylic acids is 2. The van der Waals surface area contributed by atoms with E-state index in [4.69, 9.17) is 9.47 Å². The molecule has 7 nitrogen and oxygen atoms in total. The summed E-state index contributed by atoms with van der Waals surface area (Å²) in [7, 11) is 0. The Morgan fingerprint density at radius 3 is 2.55 bits per heavy atom. The minimum Gasteiger partial charge on any atom is -0.454 e. The molecular formula is C26H27N3O4. The van der Waals surface area contributed by atoms with Gasteiger partial charge in [-0.05, 0) is 34.5 Å². The van der Waals surface area contributed by atoms with Crippen LogP contribution >= 0.6 is 0 Å². The molecule has 7 heteroatoms. The third-order valence-electron chi connectivity index (χ3n) is 6.29. The van der Waals surface area contributed by atoms with Gasteiger partial charge in [-0.2, -0.15) is 0 Å². The first-order valence-corrected chi connectivity index (χ1v) is 11.3. The van der Waals surface area contributed by atoms with Crippen LogP contribution in [0.25, 0.3) is 10.8 Å². The van der Waals surface area contributed by atoms with Gasteiger partial charge in [0.05, 0.1) is 6.42 Å². The molecule has 0 bridgehead atoms. The molecule has 1 N–H and O–H groups in total. The van der Waals surface area contributed by atoms with Crippen LogP contribution in [0, 0.1) is 0 Å². The molecule has 2 heterocycles. The first-order valence-electron chi connectivity index (χ1n) is 11.3. The molecule has 0 aliphatic carbocycles. The molecule has 33 heavy (non-hydrogen) atoms. The van der Waals surface area contributed by atoms with E-state index in [2.05, 4.69) is 28.4 Å². The molecule has 0 saturated carbocycles. The van der Waals surface area contributed by atoms with E-state index in [1.807, 2.05) is 29.2 Å². The van der Waals surface area contributed by atoms with Crippen LogP contribution in [-0.2, 0) is 11.2 Å². The summed E-state index contributed by atoms with van der Waals surface area (Å²) < 4.78 is 10.6. The van der Waals surface area contributed by atoms with Gasteiger partial charge in [-0.25, -0.2) is 0 Å². The maximum Gasteiger partial charge on any atom is 0.251 e. The van der Waals surface area contributed by atoms with E-state index in [0.717, 1.165) is 36.0 Å². The smallest absolute Gasteiger partial charge is 0.251 e. The van der Waals surface area contributed by atoms with Gasteiger partial charge in [-0.1, -0.05) is 42.5 Å². The normalized spacial score (nSPS) is 15.6. The fourth-order valence-electron chi connectivity index (χ4n) is 4.41. The number of nitrogens with zero attached hydrogens (tertiary/aromatic N) is 2. The Kier molecular flexibility index (Phi) is 6.13. The number of amides is 2. The van der Waals surface area contributed by atoms with Crippen LogP contribution in [0.1, 0.15) is 15.9 Å². The summed E-state index contributed by atoms with van der Waals surface area (Å²) >= 11 is 0. The van der Waals surface area contributed by atoms with Gasteiger partial charge >= 0.3 is 0 Å². The van der Waals surface area contributed by atoms with Crippen molar-refractivity contribution in [1.82, 2.24) is 15.1 Å². The molecule has 1 saturated heterocycles. The lowest BCUT2D eigenvalue weighted by molar-refractivity contribution is -0.132. The fourth-order valence-corrected chi connectivity index (χ4v) is 4.41. The number of hydrogen-bond acceptors (Lipinski definition) is 5. The van der Waals surface area contributed by atoms with E-state index in [-0.39, 0.29) is 18.6 Å². The van der Waals surface area contributed by atoms with Crippen molar-refractivity contribution in [3.63, 3.8) is 0 Å². The van der Waals surface area contributed by atoms with E-state index in [0.29, 0.717) is 43.1 Å². The van der Waals surface area contributed by atoms with Crippen molar-refractivity contribution in [2.75, 3.05) is 46.1 Å². The molecule has 0 radical (unpaired) electrons. The highest BCUT2D eigenvalue weighted by Crippen LogP contribution is 2.32. The largest absolute Gasteiger partial charge is 0.454 e. The Hall–Kier alpha value is -3.58. The number of benzene rings is 3. The molecule has 2 aliphatic rings. The number of piperazine rings is 1. The van der Waals surface area contributed by atoms with Crippen molar-refractivity contribution in [1.29, 1.82) is 0 Å². The summed E-state index contributed by atoms with van der Waals surface area (Å²) in [6.45, 7) is 4.53. The van der Waals surface area contributed by atoms with Crippen molar-refractivity contribution in [3.8, 4) is 11.5 Å². The molecular weight excluding hydrogens is 418 g/mol. The molecule has 0 aromatic heterocycles. The average Bonchev–Trinajstić information content (AvgIpc) is 3.33. The predicted molar refractivity (Wildman–Crippen MR) is 126 cm³/mol. The van der Waals surface area contributed by atoms with Crippen LogP contribution in [0.3, 0.4) is 0 Å². The second kappa shape index (κ2) is 9.50. The quantitative estimate of drug-likeness (QED) is 0.632. The Balaban J connectivity index is 1.07. The highest BCUT2D eigenvalue weighted by atomic mass is 16.7. The maximum absolute atomic E-state index is 12.9. The molecule has 1 fully saturated rings. The summed E-state index contributed by atoms with van der Waals surface area (Å²) in [6, 6.07) is 19.5. The molecule has 0 atom stereocenters. The molecule has 5 rings (SSSR count). The number of carbonyl (C=O) groups is 2. The summed E-state index contributed by atoms with van der Waals surface area (Å²) in [4.78, 5) is 29.5. The van der Waals surface area contributed by atoms with Gasteiger partial charge in [0.15, 0.2) is 11.5 Å². The zero-order valence-electron chi connectivity index (χ0n) is 18.5. The second-order valence-electron chi connectivity index (χ2n) is 8.36. The van der Waals surface area contributed by atoms with Gasteiger partial charge in [0.25, 0.3) is 5.91 Å². The molecule has 0 spiro atoms. The highest BCUT2D eigenvalue weighted by molar-refractivity contribution is 5.95. The van der Waals surface area contributed by atoms with Gasteiger partial charge in [-0.3, -0.25) is 14.5 Å². The SMILES string of the molecule is O=C(NCCN1CCN(C(=O)Cc2cccc3ccccc23)CC1)c1ccc2c(c1)OCO2. The number of hydrogen-bond donors (Lipinski definition) is 1. The van der Waals surface area contributed by atoms with E-state index < -0.39 is 0 Å². The van der Waals surface area contributed by atoms with E-state index in [9.17, 15) is 9.59 Å². The molecule has 3 aromatic rings. The van der Waals surface area contributed by atoms with Crippen molar-refractivity contribution >= 4 is 22.6 Å². The van der Waals surface area contributed by atoms with Crippen molar-refractivity contribution in [2.45, 2.75) is 6.42 Å². The van der Waals surface area contributed by atoms with Gasteiger partial charge in [0.2, 0.25) is 12.7 Å². The van der Waals surface area contributed by atoms with Crippen LogP contribution < -0.4 is 14.8 Å². The van der Waals surface area contributed by atoms with E-state index >= 15 is 0 Å². The van der Waals surface area contributed by atoms with Crippen LogP contribution in [0.5, 0.6) is 11.5 Å². The summed E-state index contributed by atoms with van der Waals surface area (Å²) in [6.07, 6.45) is 0.424. The predicted octanol–water partition coefficient (Wildman–Crippen LogP) is 2.69. The molecule has 170 valence electrons. The Labute approximate surface area is 192 Å². The van der Waals surface area contributed by atoms with Crippen LogP contribution in [0.4, 0.5) is 0 Å². The van der Waals surface area contributed by atoms with Crippen LogP contribution in [0.2, 0.25) is 0 Å². The van der Waals surface area contributed by atoms with Gasteiger partial charge in [0, 0.05) is 44.8 Å². The Morgan fingerprint density at radius 1 is 0.879 bits per heavy atom. The first kappa shape index (κ1) is 21.3. The zero-order valence-corrected chi connectivity index (χ0v) is 18.5. The van der Waals surface area contributed by atoms with Crippen LogP contribution in [-0.4, -0.2) is 67.7 Å². The van der Waals surface area contributed by atoms with Crippen molar-refractivity contribution < 1.29 is 19.1 Å². The number of nitrogens with one attached hydrogen (secondary N) is 1. The maximum atomic E-state index is 12.9. The number of rotatable bonds is 6. The molecule has 3 aromatic carbocycles. The highest BCUT2D eigenvalue weighted by Gasteiger charge is 2.22. The van der Waals surface area contributed by atoms with Gasteiger partial charge in [-0.15, -0.1) is 0 Å². The lowest BCUT2D eigenvalue weighted by atomic mass is 10.0. The lowest BCUT2D eigenvalue weighted by Crippen LogP contribution is -2.50.